The van der Waals surface area contributed by atoms with Gasteiger partial charge in [0, 0.05) is 18.5 Å². The van der Waals surface area contributed by atoms with Gasteiger partial charge >= 0.3 is 5.97 Å². The minimum absolute atomic E-state index is 0.259. The van der Waals surface area contributed by atoms with Crippen LogP contribution in [0.1, 0.15) is 20.0 Å². The highest BCUT2D eigenvalue weighted by atomic mass is 32.2. The molecule has 142 valence electrons. The number of thioether (sulfide) groups is 1. The van der Waals surface area contributed by atoms with Crippen molar-refractivity contribution in [3.05, 3.63) is 65.2 Å². The normalized spacial score (nSPS) is 13.0. The number of para-hydroxylation sites is 1. The number of hydrogen-bond acceptors (Lipinski definition) is 7. The van der Waals surface area contributed by atoms with Crippen molar-refractivity contribution in [2.45, 2.75) is 5.03 Å². The van der Waals surface area contributed by atoms with Gasteiger partial charge in [0.15, 0.2) is 0 Å². The van der Waals surface area contributed by atoms with Gasteiger partial charge in [-0.3, -0.25) is 4.79 Å². The van der Waals surface area contributed by atoms with E-state index in [1.54, 1.807) is 48.3 Å². The summed E-state index contributed by atoms with van der Waals surface area (Å²) in [7, 11) is 1.32. The molecule has 2 aromatic heterocycles. The number of amides is 1. The largest absolute Gasteiger partial charge is 0.465 e. The third-order valence-corrected chi connectivity index (χ3v) is 6.34. The van der Waals surface area contributed by atoms with Gasteiger partial charge < -0.3 is 15.0 Å². The van der Waals surface area contributed by atoms with Crippen LogP contribution in [0.2, 0.25) is 0 Å². The Balaban J connectivity index is 1.56. The molecule has 1 aliphatic rings. The Morgan fingerprint density at radius 2 is 2.00 bits per heavy atom. The zero-order valence-electron chi connectivity index (χ0n) is 15.0. The first-order valence-electron chi connectivity index (χ1n) is 8.61. The first-order chi connectivity index (χ1) is 13.7. The summed E-state index contributed by atoms with van der Waals surface area (Å²) in [6.45, 7) is 0.857. The molecule has 1 amide bonds. The van der Waals surface area contributed by atoms with Gasteiger partial charge in [-0.25, -0.2) is 9.78 Å². The zero-order valence-corrected chi connectivity index (χ0v) is 16.7. The second-order valence-electron chi connectivity index (χ2n) is 5.96. The van der Waals surface area contributed by atoms with Gasteiger partial charge in [0.25, 0.3) is 5.91 Å². The highest BCUT2D eigenvalue weighted by Gasteiger charge is 2.22. The summed E-state index contributed by atoms with van der Waals surface area (Å²) >= 11 is 3.15. The number of ether oxygens (including phenoxy) is 1. The minimum Gasteiger partial charge on any atom is -0.465 e. The third kappa shape index (κ3) is 3.61. The highest BCUT2D eigenvalue weighted by Crippen LogP contribution is 2.40. The lowest BCUT2D eigenvalue weighted by Gasteiger charge is -2.28. The second-order valence-corrected chi connectivity index (χ2v) is 8.10. The molecule has 8 heteroatoms. The molecular formula is C20H17N3O3S2. The number of nitrogens with one attached hydrogen (secondary N) is 1. The molecule has 1 aromatic carbocycles. The van der Waals surface area contributed by atoms with Crippen LogP contribution in [0.4, 0.5) is 16.4 Å². The fourth-order valence-electron chi connectivity index (χ4n) is 2.94. The summed E-state index contributed by atoms with van der Waals surface area (Å²) in [5.74, 6) is 0.193. The Hall–Kier alpha value is -2.84. The van der Waals surface area contributed by atoms with Crippen molar-refractivity contribution in [1.29, 1.82) is 0 Å². The van der Waals surface area contributed by atoms with Gasteiger partial charge in [-0.15, -0.1) is 23.1 Å². The lowest BCUT2D eigenvalue weighted by atomic mass is 10.2. The van der Waals surface area contributed by atoms with Crippen LogP contribution >= 0.6 is 23.1 Å². The standard InChI is InChI=1S/C20H17N3O3S2/c1-26-20(25)13-5-2-3-6-14(13)22-18(24)16-8-9-17(28-16)23-11-12-27-19-15(23)7-4-10-21-19/h2-10H,11-12H2,1H3,(H,22,24). The average Bonchev–Trinajstić information content (AvgIpc) is 3.23. The molecule has 0 fully saturated rings. The van der Waals surface area contributed by atoms with Crippen molar-refractivity contribution in [1.82, 2.24) is 4.98 Å². The predicted octanol–water partition coefficient (Wildman–Crippen LogP) is 4.43. The molecule has 4 rings (SSSR count). The van der Waals surface area contributed by atoms with Crippen LogP contribution in [-0.2, 0) is 4.74 Å². The Labute approximate surface area is 170 Å². The number of benzene rings is 1. The second kappa shape index (κ2) is 8.04. The lowest BCUT2D eigenvalue weighted by Crippen LogP contribution is -2.23. The molecule has 28 heavy (non-hydrogen) atoms. The molecule has 0 spiro atoms. The summed E-state index contributed by atoms with van der Waals surface area (Å²) in [5, 5.41) is 4.80. The van der Waals surface area contributed by atoms with Crippen molar-refractivity contribution in [3.63, 3.8) is 0 Å². The number of anilines is 3. The SMILES string of the molecule is COC(=O)c1ccccc1NC(=O)c1ccc(N2CCSc3ncccc32)s1. The quantitative estimate of drug-likeness (QED) is 0.641. The molecule has 0 bridgehead atoms. The van der Waals surface area contributed by atoms with E-state index in [2.05, 4.69) is 15.2 Å². The average molecular weight is 412 g/mol. The molecule has 0 unspecified atom stereocenters. The lowest BCUT2D eigenvalue weighted by molar-refractivity contribution is 0.0602. The number of carbonyl (C=O) groups is 2. The number of rotatable bonds is 4. The van der Waals surface area contributed by atoms with Crippen molar-refractivity contribution < 1.29 is 14.3 Å². The number of hydrogen-bond donors (Lipinski definition) is 1. The minimum atomic E-state index is -0.488. The molecule has 0 radical (unpaired) electrons. The Morgan fingerprint density at radius 3 is 2.86 bits per heavy atom. The van der Waals surface area contributed by atoms with Crippen LogP contribution in [0.3, 0.4) is 0 Å². The van der Waals surface area contributed by atoms with Crippen molar-refractivity contribution in [2.24, 2.45) is 0 Å². The van der Waals surface area contributed by atoms with Crippen LogP contribution in [0, 0.1) is 0 Å². The molecule has 1 aliphatic heterocycles. The third-order valence-electron chi connectivity index (χ3n) is 4.26. The van der Waals surface area contributed by atoms with E-state index in [0.29, 0.717) is 16.1 Å². The number of thiophene rings is 1. The number of pyridine rings is 1. The molecular weight excluding hydrogens is 394 g/mol. The van der Waals surface area contributed by atoms with Crippen molar-refractivity contribution in [2.75, 3.05) is 29.6 Å². The van der Waals surface area contributed by atoms with E-state index in [-0.39, 0.29) is 5.91 Å². The van der Waals surface area contributed by atoms with Crippen LogP contribution in [0.15, 0.2) is 59.8 Å². The fourth-order valence-corrected chi connectivity index (χ4v) is 4.81. The van der Waals surface area contributed by atoms with Gasteiger partial charge in [-0.2, -0.15) is 0 Å². The molecule has 0 saturated heterocycles. The van der Waals surface area contributed by atoms with E-state index in [0.717, 1.165) is 28.0 Å². The maximum absolute atomic E-state index is 12.7. The van der Waals surface area contributed by atoms with Gasteiger partial charge in [0.05, 0.1) is 33.9 Å². The fraction of sp³-hybridized carbons (Fsp3) is 0.150. The summed E-state index contributed by atoms with van der Waals surface area (Å²) in [4.78, 5) is 31.8. The highest BCUT2D eigenvalue weighted by molar-refractivity contribution is 7.99. The summed E-state index contributed by atoms with van der Waals surface area (Å²) < 4.78 is 4.78. The summed E-state index contributed by atoms with van der Waals surface area (Å²) in [6.07, 6.45) is 1.79. The first kappa shape index (κ1) is 18.5. The molecule has 1 N–H and O–H groups in total. The summed E-state index contributed by atoms with van der Waals surface area (Å²) in [5.41, 5.74) is 1.81. The number of carbonyl (C=O) groups excluding carboxylic acids is 2. The van der Waals surface area contributed by atoms with Crippen LogP contribution in [0.5, 0.6) is 0 Å². The molecule has 0 saturated carbocycles. The number of esters is 1. The number of aromatic nitrogens is 1. The summed E-state index contributed by atoms with van der Waals surface area (Å²) in [6, 6.07) is 14.5. The predicted molar refractivity (Wildman–Crippen MR) is 112 cm³/mol. The van der Waals surface area contributed by atoms with Crippen LogP contribution in [-0.4, -0.2) is 36.3 Å². The molecule has 0 atom stereocenters. The maximum atomic E-state index is 12.7. The maximum Gasteiger partial charge on any atom is 0.339 e. The van der Waals surface area contributed by atoms with Gasteiger partial charge in [0.2, 0.25) is 0 Å². The van der Waals surface area contributed by atoms with E-state index < -0.39 is 5.97 Å². The van der Waals surface area contributed by atoms with Crippen molar-refractivity contribution in [3.8, 4) is 0 Å². The van der Waals surface area contributed by atoms with Crippen LogP contribution < -0.4 is 10.2 Å². The first-order valence-corrected chi connectivity index (χ1v) is 10.4. The number of fused-ring (bicyclic) bond motifs is 1. The monoisotopic (exact) mass is 411 g/mol. The van der Waals surface area contributed by atoms with E-state index in [9.17, 15) is 9.59 Å². The van der Waals surface area contributed by atoms with E-state index >= 15 is 0 Å². The molecule has 0 aliphatic carbocycles. The Morgan fingerprint density at radius 1 is 1.14 bits per heavy atom. The van der Waals surface area contributed by atoms with Gasteiger partial charge in [-0.1, -0.05) is 12.1 Å². The van der Waals surface area contributed by atoms with E-state index in [4.69, 9.17) is 4.74 Å². The Bertz CT molecular complexity index is 1030. The van der Waals surface area contributed by atoms with Gasteiger partial charge in [-0.05, 0) is 36.4 Å². The van der Waals surface area contributed by atoms with Crippen molar-refractivity contribution >= 4 is 51.4 Å². The number of nitrogens with zero attached hydrogens (tertiary/aromatic N) is 2. The smallest absolute Gasteiger partial charge is 0.339 e. The molecule has 3 aromatic rings. The van der Waals surface area contributed by atoms with E-state index in [1.165, 1.54) is 18.4 Å². The zero-order chi connectivity index (χ0) is 19.5. The van der Waals surface area contributed by atoms with E-state index in [1.807, 2.05) is 18.2 Å². The van der Waals surface area contributed by atoms with Gasteiger partial charge in [0.1, 0.15) is 5.03 Å². The number of methoxy groups -OCH3 is 1. The molecule has 3 heterocycles. The Kier molecular flexibility index (Phi) is 5.31. The molecule has 6 nitrogen and oxygen atoms in total. The topological polar surface area (TPSA) is 71.5 Å². The van der Waals surface area contributed by atoms with Crippen LogP contribution in [0.25, 0.3) is 0 Å².